The molecule has 0 bridgehead atoms. The van der Waals surface area contributed by atoms with Gasteiger partial charge in [-0.25, -0.2) is 4.98 Å². The van der Waals surface area contributed by atoms with Crippen LogP contribution in [0.15, 0.2) is 0 Å². The SMILES string of the molecule is CC(Cc1nsc(NS)n1)O[N+](=O)[O-]. The lowest BCUT2D eigenvalue weighted by atomic mass is 10.3. The minimum absolute atomic E-state index is 0.299. The fourth-order valence-electron chi connectivity index (χ4n) is 0.824. The summed E-state index contributed by atoms with van der Waals surface area (Å²) in [4.78, 5) is 18.3. The highest BCUT2D eigenvalue weighted by Crippen LogP contribution is 2.13. The average molecular weight is 236 g/mol. The van der Waals surface area contributed by atoms with Crippen molar-refractivity contribution in [3.8, 4) is 0 Å². The van der Waals surface area contributed by atoms with Gasteiger partial charge in [0, 0.05) is 18.0 Å². The Morgan fingerprint density at radius 3 is 3.07 bits per heavy atom. The van der Waals surface area contributed by atoms with E-state index in [0.717, 1.165) is 11.5 Å². The number of hydrogen-bond donors (Lipinski definition) is 2. The van der Waals surface area contributed by atoms with Crippen molar-refractivity contribution < 1.29 is 9.92 Å². The van der Waals surface area contributed by atoms with Crippen LogP contribution >= 0.6 is 24.3 Å². The molecule has 0 saturated heterocycles. The van der Waals surface area contributed by atoms with Gasteiger partial charge in [0.15, 0.2) is 0 Å². The Bertz CT molecular complexity index is 318. The van der Waals surface area contributed by atoms with Crippen LogP contribution in [0, 0.1) is 10.1 Å². The number of nitrogens with zero attached hydrogens (tertiary/aromatic N) is 3. The van der Waals surface area contributed by atoms with E-state index in [1.165, 1.54) is 0 Å². The molecule has 0 aliphatic carbocycles. The van der Waals surface area contributed by atoms with E-state index < -0.39 is 11.2 Å². The summed E-state index contributed by atoms with van der Waals surface area (Å²) in [6.07, 6.45) is -0.250. The zero-order valence-electron chi connectivity index (χ0n) is 7.21. The number of anilines is 1. The molecule has 1 heterocycles. The predicted octanol–water partition coefficient (Wildman–Crippen LogP) is 0.934. The molecule has 0 aliphatic heterocycles. The first kappa shape index (κ1) is 11.0. The molecule has 0 radical (unpaired) electrons. The molecule has 14 heavy (non-hydrogen) atoms. The van der Waals surface area contributed by atoms with E-state index in [4.69, 9.17) is 0 Å². The van der Waals surface area contributed by atoms with Gasteiger partial charge in [-0.15, -0.1) is 10.1 Å². The molecule has 1 atom stereocenters. The van der Waals surface area contributed by atoms with Crippen molar-refractivity contribution >= 4 is 29.5 Å². The van der Waals surface area contributed by atoms with E-state index in [2.05, 4.69) is 31.7 Å². The Morgan fingerprint density at radius 1 is 1.86 bits per heavy atom. The smallest absolute Gasteiger partial charge is 0.294 e. The Kier molecular flexibility index (Phi) is 3.89. The van der Waals surface area contributed by atoms with Gasteiger partial charge in [-0.2, -0.15) is 4.37 Å². The summed E-state index contributed by atoms with van der Waals surface area (Å²) in [5, 5.41) is 9.71. The lowest BCUT2D eigenvalue weighted by molar-refractivity contribution is -0.767. The van der Waals surface area contributed by atoms with Crippen LogP contribution in [-0.4, -0.2) is 20.5 Å². The van der Waals surface area contributed by atoms with Crippen LogP contribution in [0.2, 0.25) is 0 Å². The molecular formula is C5H8N4O3S2. The lowest BCUT2D eigenvalue weighted by Gasteiger charge is -2.04. The monoisotopic (exact) mass is 236 g/mol. The van der Waals surface area contributed by atoms with Gasteiger partial charge in [0.2, 0.25) is 5.13 Å². The maximum absolute atomic E-state index is 9.98. The maximum atomic E-state index is 9.98. The number of hydrogen-bond acceptors (Lipinski definition) is 8. The lowest BCUT2D eigenvalue weighted by Crippen LogP contribution is -2.16. The van der Waals surface area contributed by atoms with Crippen LogP contribution < -0.4 is 4.72 Å². The minimum atomic E-state index is -0.825. The molecule has 0 aliphatic rings. The molecule has 9 heteroatoms. The Labute approximate surface area is 89.3 Å². The van der Waals surface area contributed by atoms with Gasteiger partial charge in [-0.1, -0.05) is 12.8 Å². The largest absolute Gasteiger partial charge is 0.310 e. The van der Waals surface area contributed by atoms with Crippen LogP contribution in [0.3, 0.4) is 0 Å². The van der Waals surface area contributed by atoms with E-state index in [9.17, 15) is 10.1 Å². The third-order valence-electron chi connectivity index (χ3n) is 1.30. The minimum Gasteiger partial charge on any atom is -0.310 e. The summed E-state index contributed by atoms with van der Waals surface area (Å²) in [6.45, 7) is 1.58. The first-order chi connectivity index (χ1) is 6.61. The van der Waals surface area contributed by atoms with Crippen molar-refractivity contribution in [3.05, 3.63) is 15.9 Å². The van der Waals surface area contributed by atoms with E-state index in [0.29, 0.717) is 17.4 Å². The molecule has 0 fully saturated rings. The number of thiol groups is 1. The molecule has 0 amide bonds. The second kappa shape index (κ2) is 4.96. The number of nitrogens with one attached hydrogen (secondary N) is 1. The zero-order valence-corrected chi connectivity index (χ0v) is 8.92. The van der Waals surface area contributed by atoms with Crippen molar-refractivity contribution in [1.29, 1.82) is 0 Å². The van der Waals surface area contributed by atoms with E-state index >= 15 is 0 Å². The fourth-order valence-corrected chi connectivity index (χ4v) is 1.49. The second-order valence-corrected chi connectivity index (χ2v) is 3.45. The van der Waals surface area contributed by atoms with Crippen molar-refractivity contribution in [2.45, 2.75) is 19.4 Å². The molecule has 0 aromatic carbocycles. The average Bonchev–Trinajstić information content (AvgIpc) is 2.50. The summed E-state index contributed by atoms with van der Waals surface area (Å²) in [5.74, 6) is 0.501. The van der Waals surface area contributed by atoms with Gasteiger partial charge in [0.05, 0.1) is 0 Å². The van der Waals surface area contributed by atoms with Crippen molar-refractivity contribution in [2.75, 3.05) is 4.72 Å². The molecular weight excluding hydrogens is 228 g/mol. The van der Waals surface area contributed by atoms with Gasteiger partial charge in [-0.3, -0.25) is 0 Å². The Hall–Kier alpha value is -1.09. The quantitative estimate of drug-likeness (QED) is 0.449. The first-order valence-electron chi connectivity index (χ1n) is 3.65. The molecule has 78 valence electrons. The van der Waals surface area contributed by atoms with Crippen LogP contribution in [0.1, 0.15) is 12.7 Å². The number of aromatic nitrogens is 2. The number of rotatable bonds is 5. The van der Waals surface area contributed by atoms with Crippen LogP contribution in [0.25, 0.3) is 0 Å². The van der Waals surface area contributed by atoms with Crippen LogP contribution in [0.5, 0.6) is 0 Å². The molecule has 1 aromatic rings. The van der Waals surface area contributed by atoms with Crippen molar-refractivity contribution in [2.24, 2.45) is 0 Å². The van der Waals surface area contributed by atoms with Crippen LogP contribution in [0.4, 0.5) is 5.13 Å². The van der Waals surface area contributed by atoms with Gasteiger partial charge >= 0.3 is 0 Å². The van der Waals surface area contributed by atoms with Gasteiger partial charge < -0.3 is 9.56 Å². The van der Waals surface area contributed by atoms with Crippen molar-refractivity contribution in [3.63, 3.8) is 0 Å². The summed E-state index contributed by atoms with van der Waals surface area (Å²) < 4.78 is 6.48. The zero-order chi connectivity index (χ0) is 10.6. The molecule has 1 N–H and O–H groups in total. The third kappa shape index (κ3) is 3.34. The summed E-state index contributed by atoms with van der Waals surface area (Å²) in [7, 11) is 0. The Balaban J connectivity index is 2.47. The molecule has 0 spiro atoms. The van der Waals surface area contributed by atoms with Crippen molar-refractivity contribution in [1.82, 2.24) is 9.36 Å². The first-order valence-corrected chi connectivity index (χ1v) is 4.87. The highest BCUT2D eigenvalue weighted by atomic mass is 32.1. The third-order valence-corrected chi connectivity index (χ3v) is 2.33. The van der Waals surface area contributed by atoms with E-state index in [1.807, 2.05) is 0 Å². The fraction of sp³-hybridized carbons (Fsp3) is 0.600. The second-order valence-electron chi connectivity index (χ2n) is 2.47. The molecule has 1 aromatic heterocycles. The maximum Gasteiger partial charge on any atom is 0.294 e. The molecule has 1 rings (SSSR count). The predicted molar refractivity (Wildman–Crippen MR) is 53.8 cm³/mol. The topological polar surface area (TPSA) is 90.2 Å². The highest BCUT2D eigenvalue weighted by Gasteiger charge is 2.11. The highest BCUT2D eigenvalue weighted by molar-refractivity contribution is 7.81. The van der Waals surface area contributed by atoms with Gasteiger partial charge in [-0.05, 0) is 6.92 Å². The summed E-state index contributed by atoms with van der Waals surface area (Å²) in [5.41, 5.74) is 0. The van der Waals surface area contributed by atoms with E-state index in [1.54, 1.807) is 6.92 Å². The standard InChI is InChI=1S/C5H8N4O3S2/c1-3(12-9(10)11)2-4-6-5(7-13)14-8-4/h3,13H,2H2,1H3,(H,6,7,8). The van der Waals surface area contributed by atoms with Gasteiger partial charge in [0.1, 0.15) is 11.9 Å². The Morgan fingerprint density at radius 2 is 2.57 bits per heavy atom. The summed E-state index contributed by atoms with van der Waals surface area (Å²) in [6, 6.07) is 0. The normalized spacial score (nSPS) is 12.1. The van der Waals surface area contributed by atoms with E-state index in [-0.39, 0.29) is 0 Å². The molecule has 0 saturated carbocycles. The molecule has 1 unspecified atom stereocenters. The van der Waals surface area contributed by atoms with Crippen LogP contribution in [-0.2, 0) is 11.3 Å². The summed E-state index contributed by atoms with van der Waals surface area (Å²) >= 11 is 4.92. The van der Waals surface area contributed by atoms with Gasteiger partial charge in [0.25, 0.3) is 5.09 Å². The molecule has 7 nitrogen and oxygen atoms in total.